The second kappa shape index (κ2) is 2.81. The maximum atomic E-state index is 11.0. The number of amides is 1. The third-order valence-electron chi connectivity index (χ3n) is 2.28. The van der Waals surface area contributed by atoms with Gasteiger partial charge >= 0.3 is 6.09 Å². The zero-order valence-electron chi connectivity index (χ0n) is 7.76. The first kappa shape index (κ1) is 9.10. The van der Waals surface area contributed by atoms with Crippen LogP contribution in [0.3, 0.4) is 0 Å². The highest BCUT2D eigenvalue weighted by Crippen LogP contribution is 2.27. The van der Waals surface area contributed by atoms with Crippen LogP contribution < -0.4 is 5.32 Å². The van der Waals surface area contributed by atoms with Gasteiger partial charge in [-0.05, 0) is 18.9 Å². The first-order chi connectivity index (χ1) is 5.49. The van der Waals surface area contributed by atoms with Crippen molar-refractivity contribution in [2.45, 2.75) is 32.4 Å². The zero-order chi connectivity index (χ0) is 9.35. The Morgan fingerprint density at radius 2 is 2.33 bits per heavy atom. The minimum atomic E-state index is -0.550. The molecular formula is C9H15NO2. The summed E-state index contributed by atoms with van der Waals surface area (Å²) in [7, 11) is 0. The molecule has 1 heterocycles. The number of ether oxygens (including phenoxy) is 1. The summed E-state index contributed by atoms with van der Waals surface area (Å²) in [5, 5.41) is 2.76. The Bertz CT molecular complexity index is 213. The number of rotatable bonds is 2. The molecule has 12 heavy (non-hydrogen) atoms. The van der Waals surface area contributed by atoms with Crippen LogP contribution in [0.2, 0.25) is 0 Å². The van der Waals surface area contributed by atoms with Crippen LogP contribution in [0.4, 0.5) is 4.79 Å². The van der Waals surface area contributed by atoms with Crippen LogP contribution in [-0.2, 0) is 4.74 Å². The standard InChI is InChI=1S/C9H15NO2/c1-5-9(4)7(6(2)3)10-8(11)12-9/h5-7H,1H2,2-4H3,(H,10,11)/t7-,9?/m0/s1. The minimum Gasteiger partial charge on any atom is -0.437 e. The van der Waals surface area contributed by atoms with Gasteiger partial charge in [-0.2, -0.15) is 0 Å². The Morgan fingerprint density at radius 1 is 1.75 bits per heavy atom. The van der Waals surface area contributed by atoms with E-state index in [1.54, 1.807) is 6.08 Å². The second-order valence-electron chi connectivity index (χ2n) is 3.64. The summed E-state index contributed by atoms with van der Waals surface area (Å²) in [6.07, 6.45) is 1.33. The molecule has 0 aromatic rings. The largest absolute Gasteiger partial charge is 0.437 e. The maximum absolute atomic E-state index is 11.0. The quantitative estimate of drug-likeness (QED) is 0.639. The molecule has 0 spiro atoms. The molecule has 0 aromatic carbocycles. The topological polar surface area (TPSA) is 38.3 Å². The van der Waals surface area contributed by atoms with Crippen LogP contribution in [0.5, 0.6) is 0 Å². The summed E-state index contributed by atoms with van der Waals surface area (Å²) in [5.41, 5.74) is -0.550. The number of alkyl carbamates (subject to hydrolysis) is 1. The molecule has 1 fully saturated rings. The van der Waals surface area contributed by atoms with E-state index in [-0.39, 0.29) is 12.1 Å². The molecule has 2 atom stereocenters. The number of hydrogen-bond acceptors (Lipinski definition) is 2. The Kier molecular flexibility index (Phi) is 2.13. The molecule has 0 bridgehead atoms. The zero-order valence-corrected chi connectivity index (χ0v) is 7.76. The highest BCUT2D eigenvalue weighted by Gasteiger charge is 2.44. The number of carbonyl (C=O) groups is 1. The molecule has 1 aliphatic heterocycles. The Hall–Kier alpha value is -0.990. The van der Waals surface area contributed by atoms with Crippen molar-refractivity contribution in [3.05, 3.63) is 12.7 Å². The summed E-state index contributed by atoms with van der Waals surface area (Å²) >= 11 is 0. The van der Waals surface area contributed by atoms with Crippen molar-refractivity contribution >= 4 is 6.09 Å². The van der Waals surface area contributed by atoms with Gasteiger partial charge in [0.1, 0.15) is 5.60 Å². The minimum absolute atomic E-state index is 0.0301. The average molecular weight is 169 g/mol. The lowest BCUT2D eigenvalue weighted by Crippen LogP contribution is -2.43. The van der Waals surface area contributed by atoms with E-state index in [9.17, 15) is 4.79 Å². The molecular weight excluding hydrogens is 154 g/mol. The van der Waals surface area contributed by atoms with Crippen LogP contribution in [-0.4, -0.2) is 17.7 Å². The molecule has 0 saturated carbocycles. The number of carbonyl (C=O) groups excluding carboxylic acids is 1. The van der Waals surface area contributed by atoms with Gasteiger partial charge in [0.2, 0.25) is 0 Å². The average Bonchev–Trinajstić information content (AvgIpc) is 2.27. The van der Waals surface area contributed by atoms with Crippen molar-refractivity contribution in [2.24, 2.45) is 5.92 Å². The predicted molar refractivity (Wildman–Crippen MR) is 46.8 cm³/mol. The third kappa shape index (κ3) is 1.31. The van der Waals surface area contributed by atoms with E-state index in [2.05, 4.69) is 11.9 Å². The van der Waals surface area contributed by atoms with E-state index in [0.29, 0.717) is 5.92 Å². The van der Waals surface area contributed by atoms with Crippen LogP contribution in [0.25, 0.3) is 0 Å². The van der Waals surface area contributed by atoms with Gasteiger partial charge in [-0.1, -0.05) is 20.4 Å². The van der Waals surface area contributed by atoms with Crippen LogP contribution in [0.15, 0.2) is 12.7 Å². The van der Waals surface area contributed by atoms with Gasteiger partial charge in [0, 0.05) is 0 Å². The van der Waals surface area contributed by atoms with E-state index in [0.717, 1.165) is 0 Å². The smallest absolute Gasteiger partial charge is 0.408 e. The van der Waals surface area contributed by atoms with Gasteiger partial charge in [0.05, 0.1) is 6.04 Å². The molecule has 1 saturated heterocycles. The Balaban J connectivity index is 2.85. The van der Waals surface area contributed by atoms with Crippen LogP contribution >= 0.6 is 0 Å². The van der Waals surface area contributed by atoms with Crippen molar-refractivity contribution in [1.82, 2.24) is 5.32 Å². The van der Waals surface area contributed by atoms with Gasteiger partial charge in [-0.25, -0.2) is 4.79 Å². The lowest BCUT2D eigenvalue weighted by atomic mass is 9.89. The maximum Gasteiger partial charge on any atom is 0.408 e. The molecule has 1 unspecified atom stereocenters. The third-order valence-corrected chi connectivity index (χ3v) is 2.28. The second-order valence-corrected chi connectivity index (χ2v) is 3.64. The fourth-order valence-corrected chi connectivity index (χ4v) is 1.56. The Labute approximate surface area is 72.8 Å². The van der Waals surface area contributed by atoms with Gasteiger partial charge < -0.3 is 10.1 Å². The molecule has 1 N–H and O–H groups in total. The van der Waals surface area contributed by atoms with Gasteiger partial charge in [0.25, 0.3) is 0 Å². The first-order valence-corrected chi connectivity index (χ1v) is 4.12. The van der Waals surface area contributed by atoms with E-state index in [1.165, 1.54) is 0 Å². The molecule has 0 aromatic heterocycles. The van der Waals surface area contributed by atoms with Crippen molar-refractivity contribution in [1.29, 1.82) is 0 Å². The number of hydrogen-bond donors (Lipinski definition) is 1. The van der Waals surface area contributed by atoms with Crippen molar-refractivity contribution < 1.29 is 9.53 Å². The van der Waals surface area contributed by atoms with Crippen molar-refractivity contribution in [3.8, 4) is 0 Å². The summed E-state index contributed by atoms with van der Waals surface area (Å²) in [6, 6.07) is 0.0301. The fraction of sp³-hybridized carbons (Fsp3) is 0.667. The lowest BCUT2D eigenvalue weighted by Gasteiger charge is -2.27. The predicted octanol–water partition coefficient (Wildman–Crippen LogP) is 1.70. The molecule has 1 aliphatic rings. The van der Waals surface area contributed by atoms with E-state index in [1.807, 2.05) is 20.8 Å². The molecule has 0 aliphatic carbocycles. The van der Waals surface area contributed by atoms with E-state index >= 15 is 0 Å². The fourth-order valence-electron chi connectivity index (χ4n) is 1.56. The SMILES string of the molecule is C=CC1(C)OC(=O)N[C@H]1C(C)C. The van der Waals surface area contributed by atoms with E-state index in [4.69, 9.17) is 4.74 Å². The molecule has 1 rings (SSSR count). The van der Waals surface area contributed by atoms with Gasteiger partial charge in [-0.15, -0.1) is 0 Å². The van der Waals surface area contributed by atoms with Crippen molar-refractivity contribution in [3.63, 3.8) is 0 Å². The lowest BCUT2D eigenvalue weighted by molar-refractivity contribution is 0.0828. The molecule has 0 radical (unpaired) electrons. The summed E-state index contributed by atoms with van der Waals surface area (Å²) in [5.74, 6) is 0.347. The Morgan fingerprint density at radius 3 is 2.67 bits per heavy atom. The van der Waals surface area contributed by atoms with Crippen molar-refractivity contribution in [2.75, 3.05) is 0 Å². The van der Waals surface area contributed by atoms with Gasteiger partial charge in [-0.3, -0.25) is 0 Å². The molecule has 3 heteroatoms. The molecule has 68 valence electrons. The van der Waals surface area contributed by atoms with Crippen LogP contribution in [0.1, 0.15) is 20.8 Å². The highest BCUT2D eigenvalue weighted by atomic mass is 16.6. The summed E-state index contributed by atoms with van der Waals surface area (Å²) < 4.78 is 5.10. The van der Waals surface area contributed by atoms with E-state index < -0.39 is 5.60 Å². The monoisotopic (exact) mass is 169 g/mol. The first-order valence-electron chi connectivity index (χ1n) is 4.12. The molecule has 3 nitrogen and oxygen atoms in total. The summed E-state index contributed by atoms with van der Waals surface area (Å²) in [6.45, 7) is 9.61. The molecule has 1 amide bonds. The van der Waals surface area contributed by atoms with Gasteiger partial charge in [0.15, 0.2) is 0 Å². The number of nitrogens with one attached hydrogen (secondary N) is 1. The number of cyclic esters (lactones) is 1. The highest BCUT2D eigenvalue weighted by molar-refractivity contribution is 5.71. The normalized spacial score (nSPS) is 34.7. The summed E-state index contributed by atoms with van der Waals surface area (Å²) in [4.78, 5) is 11.0. The van der Waals surface area contributed by atoms with Crippen LogP contribution in [0, 0.1) is 5.92 Å².